The van der Waals surface area contributed by atoms with E-state index < -0.39 is 0 Å². The quantitative estimate of drug-likeness (QED) is 0.408. The van der Waals surface area contributed by atoms with E-state index in [1.807, 2.05) is 0 Å². The van der Waals surface area contributed by atoms with E-state index in [-0.39, 0.29) is 29.6 Å². The van der Waals surface area contributed by atoms with Gasteiger partial charge in [-0.25, -0.2) is 0 Å². The van der Waals surface area contributed by atoms with Crippen LogP contribution in [0.5, 0.6) is 0 Å². The Balaban J connectivity index is 0.000000810. The normalized spacial score (nSPS) is 31.0. The maximum atomic E-state index is 5.56. The van der Waals surface area contributed by atoms with Crippen LogP contribution in [-0.4, -0.2) is 12.2 Å². The van der Waals surface area contributed by atoms with Crippen molar-refractivity contribution in [2.45, 2.75) is 36.8 Å². The van der Waals surface area contributed by atoms with Gasteiger partial charge in [-0.15, -0.1) is 0 Å². The average molecular weight is 305 g/mol. The smallest absolute Gasteiger partial charge is 1.00 e. The summed E-state index contributed by atoms with van der Waals surface area (Å²) < 4.78 is 6.54. The minimum atomic E-state index is 0. The SMILES string of the molecule is CC1(C)C[CH]([Zn+])CCO1.[I-]. The van der Waals surface area contributed by atoms with Gasteiger partial charge in [0.15, 0.2) is 0 Å². The maximum absolute atomic E-state index is 5.56. The van der Waals surface area contributed by atoms with E-state index in [0.717, 1.165) is 11.1 Å². The van der Waals surface area contributed by atoms with Crippen LogP contribution < -0.4 is 24.0 Å². The van der Waals surface area contributed by atoms with Crippen molar-refractivity contribution in [3.05, 3.63) is 0 Å². The molecule has 0 spiro atoms. The van der Waals surface area contributed by atoms with Crippen LogP contribution in [0, 0.1) is 0 Å². The summed E-state index contributed by atoms with van der Waals surface area (Å²) in [5.41, 5.74) is 0.182. The molecule has 10 heavy (non-hydrogen) atoms. The molecule has 0 aliphatic carbocycles. The van der Waals surface area contributed by atoms with E-state index in [1.165, 1.54) is 31.1 Å². The summed E-state index contributed by atoms with van der Waals surface area (Å²) in [4.78, 5) is 0. The van der Waals surface area contributed by atoms with Gasteiger partial charge in [0.05, 0.1) is 0 Å². The first-order valence-corrected chi connectivity index (χ1v) is 5.28. The van der Waals surface area contributed by atoms with E-state index in [2.05, 4.69) is 13.8 Å². The Morgan fingerprint density at radius 3 is 2.40 bits per heavy atom. The summed E-state index contributed by atoms with van der Waals surface area (Å²) in [5, 5.41) is 0. The van der Waals surface area contributed by atoms with Gasteiger partial charge < -0.3 is 24.0 Å². The van der Waals surface area contributed by atoms with Crippen LogP contribution in [0.15, 0.2) is 0 Å². The molecule has 0 N–H and O–H groups in total. The summed E-state index contributed by atoms with van der Waals surface area (Å²) in [6, 6.07) is 0. The first-order chi connectivity index (χ1) is 4.10. The minimum absolute atomic E-state index is 0. The molecule has 1 aliphatic heterocycles. The second-order valence-corrected chi connectivity index (χ2v) is 5.89. The molecule has 0 amide bonds. The molecule has 0 bridgehead atoms. The molecular formula is C7H13IOZn. The first-order valence-electron chi connectivity index (χ1n) is 3.57. The minimum Gasteiger partial charge on any atom is -1.00 e. The fourth-order valence-corrected chi connectivity index (χ4v) is 3.17. The zero-order valence-corrected chi connectivity index (χ0v) is 11.8. The van der Waals surface area contributed by atoms with Crippen molar-refractivity contribution < 1.29 is 47.0 Å². The maximum Gasteiger partial charge on any atom is -1.00 e. The molecule has 1 saturated heterocycles. The van der Waals surface area contributed by atoms with Gasteiger partial charge in [0.25, 0.3) is 0 Å². The Hall–Kier alpha value is 1.31. The van der Waals surface area contributed by atoms with E-state index >= 15 is 0 Å². The third-order valence-corrected chi connectivity index (χ3v) is 3.26. The van der Waals surface area contributed by atoms with Gasteiger partial charge in [0.1, 0.15) is 0 Å². The fourth-order valence-electron chi connectivity index (χ4n) is 1.36. The fraction of sp³-hybridized carbons (Fsp3) is 1.00. The molecule has 1 heterocycles. The van der Waals surface area contributed by atoms with Crippen molar-refractivity contribution in [1.82, 2.24) is 0 Å². The average Bonchev–Trinajstić information content (AvgIpc) is 1.60. The predicted molar refractivity (Wildman–Crippen MR) is 33.0 cm³/mol. The molecule has 0 aromatic heterocycles. The van der Waals surface area contributed by atoms with Crippen molar-refractivity contribution in [2.75, 3.05) is 6.61 Å². The van der Waals surface area contributed by atoms with Gasteiger partial charge in [-0.3, -0.25) is 0 Å². The topological polar surface area (TPSA) is 9.23 Å². The zero-order valence-electron chi connectivity index (χ0n) is 6.69. The number of rotatable bonds is 0. The molecule has 3 heteroatoms. The van der Waals surface area contributed by atoms with Crippen molar-refractivity contribution in [2.24, 2.45) is 0 Å². The van der Waals surface area contributed by atoms with Crippen molar-refractivity contribution in [3.63, 3.8) is 0 Å². The van der Waals surface area contributed by atoms with Crippen LogP contribution in [0.2, 0.25) is 4.51 Å². The van der Waals surface area contributed by atoms with E-state index in [4.69, 9.17) is 4.74 Å². The van der Waals surface area contributed by atoms with E-state index in [1.54, 1.807) is 0 Å². The van der Waals surface area contributed by atoms with Gasteiger partial charge in [-0.2, -0.15) is 0 Å². The largest absolute Gasteiger partial charge is 1.00 e. The molecule has 0 aromatic rings. The van der Waals surface area contributed by atoms with Gasteiger partial charge in [0.2, 0.25) is 0 Å². The number of hydrogen-bond acceptors (Lipinski definition) is 1. The Morgan fingerprint density at radius 2 is 2.10 bits per heavy atom. The molecule has 1 nitrogen and oxygen atoms in total. The number of halogens is 1. The van der Waals surface area contributed by atoms with Gasteiger partial charge in [-0.1, -0.05) is 0 Å². The Labute approximate surface area is 90.0 Å². The van der Waals surface area contributed by atoms with Gasteiger partial charge in [0, 0.05) is 0 Å². The second kappa shape index (κ2) is 4.37. The van der Waals surface area contributed by atoms with Crippen LogP contribution in [0.3, 0.4) is 0 Å². The molecule has 0 saturated carbocycles. The monoisotopic (exact) mass is 304 g/mol. The van der Waals surface area contributed by atoms with Crippen LogP contribution in [0.4, 0.5) is 0 Å². The number of ether oxygens (including phenoxy) is 1. The van der Waals surface area contributed by atoms with Crippen molar-refractivity contribution in [1.29, 1.82) is 0 Å². The van der Waals surface area contributed by atoms with Crippen LogP contribution >= 0.6 is 0 Å². The Kier molecular flexibility index (Phi) is 4.94. The Morgan fingerprint density at radius 1 is 1.50 bits per heavy atom. The molecular weight excluding hydrogens is 292 g/mol. The summed E-state index contributed by atoms with van der Waals surface area (Å²) in [6.07, 6.45) is 2.57. The standard InChI is InChI=1S/C7H13O.HI.Zn/c1-7(2)5-3-4-6-8-7;;/h3H,4-6H2,1-2H3;1H;/q;;+1/p-1. The third-order valence-electron chi connectivity index (χ3n) is 1.80. The predicted octanol–water partition coefficient (Wildman–Crippen LogP) is -1.09. The molecule has 1 aliphatic rings. The van der Waals surface area contributed by atoms with E-state index in [0.29, 0.717) is 0 Å². The molecule has 1 atom stereocenters. The third kappa shape index (κ3) is 3.63. The van der Waals surface area contributed by atoms with Crippen molar-refractivity contribution >= 4 is 0 Å². The molecule has 56 valence electrons. The molecule has 1 fully saturated rings. The summed E-state index contributed by atoms with van der Waals surface area (Å²) in [5.74, 6) is 0. The van der Waals surface area contributed by atoms with Crippen LogP contribution in [0.1, 0.15) is 26.7 Å². The molecule has 0 radical (unpaired) electrons. The molecule has 1 unspecified atom stereocenters. The summed E-state index contributed by atoms with van der Waals surface area (Å²) in [7, 11) is 0. The summed E-state index contributed by atoms with van der Waals surface area (Å²) >= 11 is 1.44. The second-order valence-electron chi connectivity index (χ2n) is 3.47. The van der Waals surface area contributed by atoms with Crippen molar-refractivity contribution in [3.8, 4) is 0 Å². The molecule has 1 rings (SSSR count). The van der Waals surface area contributed by atoms with Crippen LogP contribution in [0.25, 0.3) is 0 Å². The summed E-state index contributed by atoms with van der Waals surface area (Å²) in [6.45, 7) is 5.36. The van der Waals surface area contributed by atoms with Crippen LogP contribution in [-0.2, 0) is 23.0 Å². The van der Waals surface area contributed by atoms with E-state index in [9.17, 15) is 0 Å². The first kappa shape index (κ1) is 11.3. The van der Waals surface area contributed by atoms with Gasteiger partial charge in [-0.05, 0) is 0 Å². The zero-order chi connectivity index (χ0) is 6.91. The molecule has 0 aromatic carbocycles. The number of hydrogen-bond donors (Lipinski definition) is 0. The Bertz CT molecular complexity index is 106. The van der Waals surface area contributed by atoms with Gasteiger partial charge >= 0.3 is 66.4 Å².